The summed E-state index contributed by atoms with van der Waals surface area (Å²) in [6.07, 6.45) is 1.96. The molecule has 0 atom stereocenters. The van der Waals surface area contributed by atoms with Crippen molar-refractivity contribution in [1.82, 2.24) is 15.2 Å². The number of nitrogens with one attached hydrogen (secondary N) is 1. The average molecular weight is 337 g/mol. The lowest BCUT2D eigenvalue weighted by Gasteiger charge is -2.21. The minimum absolute atomic E-state index is 0.773. The normalized spacial score (nSPS) is 11.7. The van der Waals surface area contributed by atoms with Crippen molar-refractivity contribution in [3.8, 4) is 0 Å². The van der Waals surface area contributed by atoms with Gasteiger partial charge in [0.05, 0.1) is 10.7 Å². The van der Waals surface area contributed by atoms with Gasteiger partial charge in [0.15, 0.2) is 5.96 Å². The second-order valence-corrected chi connectivity index (χ2v) is 7.19. The second kappa shape index (κ2) is 8.90. The van der Waals surface area contributed by atoms with Crippen molar-refractivity contribution in [3.63, 3.8) is 0 Å². The number of rotatable bonds is 7. The maximum atomic E-state index is 4.72. The molecule has 2 rings (SSSR count). The van der Waals surface area contributed by atoms with E-state index in [1.54, 1.807) is 11.3 Å². The fourth-order valence-electron chi connectivity index (χ4n) is 2.11. The van der Waals surface area contributed by atoms with Crippen LogP contribution in [0.3, 0.4) is 0 Å². The zero-order valence-corrected chi connectivity index (χ0v) is 15.1. The molecule has 0 amide bonds. The van der Waals surface area contributed by atoms with E-state index in [9.17, 15) is 0 Å². The van der Waals surface area contributed by atoms with E-state index in [0.29, 0.717) is 0 Å². The molecule has 2 aromatic rings. The van der Waals surface area contributed by atoms with Crippen LogP contribution in [0.4, 0.5) is 0 Å². The largest absolute Gasteiger partial charge is 0.357 e. The molecule has 0 saturated carbocycles. The third-order valence-corrected chi connectivity index (χ3v) is 5.02. The van der Waals surface area contributed by atoms with Crippen LogP contribution >= 0.6 is 22.7 Å². The topological polar surface area (TPSA) is 40.5 Å². The second-order valence-electron chi connectivity index (χ2n) is 5.09. The molecule has 120 valence electrons. The molecule has 0 aliphatic rings. The lowest BCUT2D eigenvalue weighted by molar-refractivity contribution is 0.487. The Hall–Kier alpha value is -1.40. The molecule has 0 aliphatic heterocycles. The Bertz CT molecular complexity index is 575. The fraction of sp³-hybridized carbons (Fsp3) is 0.500. The molecule has 0 fully saturated rings. The first-order chi connectivity index (χ1) is 10.7. The number of nitrogens with zero attached hydrogens (tertiary/aromatic N) is 3. The first kappa shape index (κ1) is 17.0. The van der Waals surface area contributed by atoms with Gasteiger partial charge in [-0.2, -0.15) is 0 Å². The molecule has 0 saturated heterocycles. The van der Waals surface area contributed by atoms with Gasteiger partial charge in [0.25, 0.3) is 0 Å². The lowest BCUT2D eigenvalue weighted by Crippen LogP contribution is -2.40. The summed E-state index contributed by atoms with van der Waals surface area (Å²) in [6.45, 7) is 6.78. The van der Waals surface area contributed by atoms with Crippen LogP contribution in [0, 0.1) is 6.92 Å². The Balaban J connectivity index is 1.85. The Morgan fingerprint density at radius 3 is 2.86 bits per heavy atom. The van der Waals surface area contributed by atoms with Gasteiger partial charge in [-0.15, -0.1) is 22.7 Å². The summed E-state index contributed by atoms with van der Waals surface area (Å²) >= 11 is 3.52. The van der Waals surface area contributed by atoms with E-state index in [0.717, 1.165) is 49.1 Å². The highest BCUT2D eigenvalue weighted by Gasteiger charge is 2.06. The summed E-state index contributed by atoms with van der Waals surface area (Å²) in [5.41, 5.74) is 1.14. The maximum absolute atomic E-state index is 4.72. The summed E-state index contributed by atoms with van der Waals surface area (Å²) in [7, 11) is 2.10. The number of guanidine groups is 1. The minimum atomic E-state index is 0.773. The van der Waals surface area contributed by atoms with E-state index in [4.69, 9.17) is 4.99 Å². The average Bonchev–Trinajstić information content (AvgIpc) is 3.15. The van der Waals surface area contributed by atoms with Gasteiger partial charge in [0, 0.05) is 43.4 Å². The number of thiophene rings is 1. The van der Waals surface area contributed by atoms with Crippen LogP contribution < -0.4 is 5.32 Å². The molecule has 2 aromatic heterocycles. The molecule has 0 spiro atoms. The van der Waals surface area contributed by atoms with Crippen LogP contribution in [0.2, 0.25) is 0 Å². The van der Waals surface area contributed by atoms with Gasteiger partial charge in [-0.25, -0.2) is 4.98 Å². The predicted octanol–water partition coefficient (Wildman–Crippen LogP) is 3.20. The molecule has 1 N–H and O–H groups in total. The Morgan fingerprint density at radius 2 is 2.23 bits per heavy atom. The van der Waals surface area contributed by atoms with Crippen molar-refractivity contribution in [2.45, 2.75) is 26.7 Å². The number of aromatic nitrogens is 1. The van der Waals surface area contributed by atoms with Crippen molar-refractivity contribution in [3.05, 3.63) is 38.5 Å². The highest BCUT2D eigenvalue weighted by Crippen LogP contribution is 2.10. The number of hydrogen-bond donors (Lipinski definition) is 1. The standard InChI is InChI=1S/C16H24N4S2/c1-4-17-16(18-9-7-14-12-22-13(2)19-14)20(3)10-8-15-6-5-11-21-15/h5-6,11-12H,4,7-10H2,1-3H3,(H,17,18). The monoisotopic (exact) mass is 336 g/mol. The van der Waals surface area contributed by atoms with Gasteiger partial charge in [-0.1, -0.05) is 6.07 Å². The Morgan fingerprint density at radius 1 is 1.36 bits per heavy atom. The van der Waals surface area contributed by atoms with Crippen LogP contribution in [0.5, 0.6) is 0 Å². The van der Waals surface area contributed by atoms with Gasteiger partial charge in [-0.05, 0) is 31.7 Å². The van der Waals surface area contributed by atoms with E-state index in [1.807, 2.05) is 18.3 Å². The molecule has 0 aliphatic carbocycles. The van der Waals surface area contributed by atoms with Crippen molar-refractivity contribution in [2.75, 3.05) is 26.7 Å². The summed E-state index contributed by atoms with van der Waals surface area (Å²) in [5.74, 6) is 0.978. The number of aryl methyl sites for hydroxylation is 1. The SMILES string of the molecule is CCNC(=NCCc1csc(C)n1)N(C)CCc1cccs1. The molecular formula is C16H24N4S2. The van der Waals surface area contributed by atoms with Gasteiger partial charge in [0.2, 0.25) is 0 Å². The highest BCUT2D eigenvalue weighted by molar-refractivity contribution is 7.10. The van der Waals surface area contributed by atoms with Crippen molar-refractivity contribution in [1.29, 1.82) is 0 Å². The van der Waals surface area contributed by atoms with E-state index in [-0.39, 0.29) is 0 Å². The smallest absolute Gasteiger partial charge is 0.193 e. The van der Waals surface area contributed by atoms with Crippen LogP contribution in [-0.2, 0) is 12.8 Å². The molecule has 0 radical (unpaired) electrons. The third kappa shape index (κ3) is 5.42. The molecule has 0 bridgehead atoms. The van der Waals surface area contributed by atoms with Crippen LogP contribution in [0.15, 0.2) is 27.9 Å². The van der Waals surface area contributed by atoms with Crippen molar-refractivity contribution < 1.29 is 0 Å². The van der Waals surface area contributed by atoms with Gasteiger partial charge < -0.3 is 10.2 Å². The highest BCUT2D eigenvalue weighted by atomic mass is 32.1. The Kier molecular flexibility index (Phi) is 6.86. The third-order valence-electron chi connectivity index (χ3n) is 3.27. The molecule has 6 heteroatoms. The number of likely N-dealkylation sites (N-methyl/N-ethyl adjacent to an activating group) is 1. The van der Waals surface area contributed by atoms with Crippen molar-refractivity contribution >= 4 is 28.6 Å². The first-order valence-electron chi connectivity index (χ1n) is 7.62. The zero-order chi connectivity index (χ0) is 15.8. The van der Waals surface area contributed by atoms with Gasteiger partial charge >= 0.3 is 0 Å². The molecule has 0 aromatic carbocycles. The molecular weight excluding hydrogens is 312 g/mol. The minimum Gasteiger partial charge on any atom is -0.357 e. The summed E-state index contributed by atoms with van der Waals surface area (Å²) < 4.78 is 0. The molecule has 0 unspecified atom stereocenters. The Labute approximate surface area is 140 Å². The lowest BCUT2D eigenvalue weighted by atomic mass is 10.3. The molecule has 2 heterocycles. The van der Waals surface area contributed by atoms with Crippen molar-refractivity contribution in [2.24, 2.45) is 4.99 Å². The molecule has 22 heavy (non-hydrogen) atoms. The predicted molar refractivity (Wildman–Crippen MR) is 97.2 cm³/mol. The van der Waals surface area contributed by atoms with Crippen LogP contribution in [0.1, 0.15) is 22.5 Å². The summed E-state index contributed by atoms with van der Waals surface area (Å²) in [4.78, 5) is 12.8. The summed E-state index contributed by atoms with van der Waals surface area (Å²) in [6, 6.07) is 4.29. The number of thiazole rings is 1. The first-order valence-corrected chi connectivity index (χ1v) is 9.37. The number of hydrogen-bond acceptors (Lipinski definition) is 4. The zero-order valence-electron chi connectivity index (χ0n) is 13.5. The van der Waals surface area contributed by atoms with E-state index < -0.39 is 0 Å². The van der Waals surface area contributed by atoms with Crippen LogP contribution in [-0.4, -0.2) is 42.5 Å². The van der Waals surface area contributed by atoms with E-state index in [2.05, 4.69) is 52.1 Å². The van der Waals surface area contributed by atoms with Gasteiger partial charge in [-0.3, -0.25) is 4.99 Å². The van der Waals surface area contributed by atoms with Gasteiger partial charge in [0.1, 0.15) is 0 Å². The summed E-state index contributed by atoms with van der Waals surface area (Å²) in [5, 5.41) is 8.74. The number of aliphatic imine (C=N–C) groups is 1. The van der Waals surface area contributed by atoms with E-state index >= 15 is 0 Å². The van der Waals surface area contributed by atoms with E-state index in [1.165, 1.54) is 4.88 Å². The maximum Gasteiger partial charge on any atom is 0.193 e. The quantitative estimate of drug-likeness (QED) is 0.623. The molecule has 4 nitrogen and oxygen atoms in total. The van der Waals surface area contributed by atoms with Crippen LogP contribution in [0.25, 0.3) is 0 Å². The fourth-order valence-corrected chi connectivity index (χ4v) is 3.45.